The third kappa shape index (κ3) is 4.02. The monoisotopic (exact) mass is 419 g/mol. The smallest absolute Gasteiger partial charge is 0.265 e. The van der Waals surface area contributed by atoms with Gasteiger partial charge in [0.2, 0.25) is 5.82 Å². The summed E-state index contributed by atoms with van der Waals surface area (Å²) in [5.41, 5.74) is -1.93. The fourth-order valence-electron chi connectivity index (χ4n) is 1.84. The molecule has 0 saturated carbocycles. The molecule has 0 aliphatic carbocycles. The predicted octanol–water partition coefficient (Wildman–Crippen LogP) is 4.14. The van der Waals surface area contributed by atoms with E-state index in [4.69, 9.17) is 0 Å². The Hall–Kier alpha value is -2.70. The third-order valence-corrected chi connectivity index (χ3v) is 4.16. The van der Waals surface area contributed by atoms with Crippen LogP contribution < -0.4 is 0 Å². The van der Waals surface area contributed by atoms with E-state index in [0.717, 1.165) is 18.2 Å². The van der Waals surface area contributed by atoms with E-state index < -0.39 is 61.4 Å². The second kappa shape index (κ2) is 7.13. The molecule has 2 rings (SSSR count). The second-order valence-corrected chi connectivity index (χ2v) is 6.21. The van der Waals surface area contributed by atoms with Crippen LogP contribution in [0, 0.1) is 29.1 Å². The predicted molar refractivity (Wildman–Crippen MR) is 73.5 cm³/mol. The summed E-state index contributed by atoms with van der Waals surface area (Å²) in [6.45, 7) is 0. The number of hydrogen-bond acceptors (Lipinski definition) is 4. The molecule has 0 aromatic heterocycles. The Labute approximate surface area is 145 Å². The van der Waals surface area contributed by atoms with Gasteiger partial charge < -0.3 is 0 Å². The number of benzene rings is 2. The van der Waals surface area contributed by atoms with Crippen LogP contribution >= 0.6 is 0 Å². The van der Waals surface area contributed by atoms with Gasteiger partial charge in [-0.1, -0.05) is 23.4 Å². The summed E-state index contributed by atoms with van der Waals surface area (Å²) < 4.78 is 131. The van der Waals surface area contributed by atoms with Crippen molar-refractivity contribution in [3.05, 3.63) is 64.5 Å². The summed E-state index contributed by atoms with van der Waals surface area (Å²) in [6.07, 6.45) is -4.60. The van der Waals surface area contributed by atoms with Crippen LogP contribution in [0.2, 0.25) is 0 Å². The van der Waals surface area contributed by atoms with E-state index in [-0.39, 0.29) is 6.21 Å². The van der Waals surface area contributed by atoms with Crippen molar-refractivity contribution in [3.8, 4) is 0 Å². The minimum Gasteiger partial charge on any atom is -0.265 e. The van der Waals surface area contributed by atoms with Crippen molar-refractivity contribution in [2.45, 2.75) is 11.1 Å². The zero-order chi connectivity index (χ0) is 20.6. The van der Waals surface area contributed by atoms with Crippen molar-refractivity contribution in [3.63, 3.8) is 0 Å². The molecule has 0 aliphatic rings. The van der Waals surface area contributed by atoms with Gasteiger partial charge in [-0.05, 0) is 6.07 Å². The van der Waals surface area contributed by atoms with Gasteiger partial charge in [-0.15, -0.1) is 0 Å². The van der Waals surface area contributed by atoms with E-state index in [2.05, 4.69) is 9.44 Å². The molecular weight excluding hydrogens is 414 g/mol. The summed E-state index contributed by atoms with van der Waals surface area (Å²) in [6, 6.07) is 3.64. The first kappa shape index (κ1) is 20.6. The van der Waals surface area contributed by atoms with Gasteiger partial charge in [-0.2, -0.15) is 21.6 Å². The standard InChI is InChI=1S/C14H5F8NO3S/c15-8-9(16)11(18)13(12(19)10(8)17)27(24,25)26-23-5-6-3-1-2-4-7(6)14(20,21)22/h1-5H. The van der Waals surface area contributed by atoms with Crippen molar-refractivity contribution in [2.24, 2.45) is 5.16 Å². The lowest BCUT2D eigenvalue weighted by molar-refractivity contribution is -0.137. The van der Waals surface area contributed by atoms with Gasteiger partial charge in [-0.3, -0.25) is 4.28 Å². The molecule has 0 spiro atoms. The van der Waals surface area contributed by atoms with Crippen LogP contribution in [0.1, 0.15) is 11.1 Å². The number of nitrogens with zero attached hydrogens (tertiary/aromatic N) is 1. The van der Waals surface area contributed by atoms with Gasteiger partial charge in [0.1, 0.15) is 0 Å². The molecule has 0 amide bonds. The van der Waals surface area contributed by atoms with E-state index in [1.807, 2.05) is 0 Å². The maximum absolute atomic E-state index is 13.5. The topological polar surface area (TPSA) is 55.7 Å². The van der Waals surface area contributed by atoms with E-state index in [1.165, 1.54) is 0 Å². The highest BCUT2D eigenvalue weighted by atomic mass is 32.2. The number of rotatable bonds is 4. The van der Waals surface area contributed by atoms with Crippen LogP contribution in [0.4, 0.5) is 35.1 Å². The second-order valence-electron chi connectivity index (χ2n) is 4.75. The lowest BCUT2D eigenvalue weighted by atomic mass is 10.1. The van der Waals surface area contributed by atoms with Crippen LogP contribution in [-0.4, -0.2) is 14.6 Å². The van der Waals surface area contributed by atoms with Crippen molar-refractivity contribution in [1.82, 2.24) is 0 Å². The molecule has 0 N–H and O–H groups in total. The first-order valence-electron chi connectivity index (χ1n) is 6.52. The highest BCUT2D eigenvalue weighted by molar-refractivity contribution is 7.86. The third-order valence-electron chi connectivity index (χ3n) is 3.02. The maximum Gasteiger partial charge on any atom is 0.417 e. The van der Waals surface area contributed by atoms with Gasteiger partial charge in [0, 0.05) is 5.56 Å². The van der Waals surface area contributed by atoms with Gasteiger partial charge in [0.15, 0.2) is 28.2 Å². The molecular formula is C14H5F8NO3S. The summed E-state index contributed by atoms with van der Waals surface area (Å²) in [4.78, 5) is -2.33. The van der Waals surface area contributed by atoms with Crippen LogP contribution in [0.3, 0.4) is 0 Å². The minimum absolute atomic E-state index is 0.242. The molecule has 2 aromatic carbocycles. The molecule has 0 atom stereocenters. The van der Waals surface area contributed by atoms with Gasteiger partial charge in [0.05, 0.1) is 11.8 Å². The van der Waals surface area contributed by atoms with E-state index in [1.54, 1.807) is 0 Å². The molecule has 2 aromatic rings. The lowest BCUT2D eigenvalue weighted by Gasteiger charge is -2.09. The number of hydrogen-bond donors (Lipinski definition) is 0. The Balaban J connectivity index is 2.42. The number of oxime groups is 1. The number of halogens is 8. The Morgan fingerprint density at radius 2 is 1.33 bits per heavy atom. The number of alkyl halides is 3. The van der Waals surface area contributed by atoms with Gasteiger partial charge >= 0.3 is 16.3 Å². The molecule has 13 heteroatoms. The van der Waals surface area contributed by atoms with Crippen molar-refractivity contribution in [1.29, 1.82) is 0 Å². The van der Waals surface area contributed by atoms with E-state index >= 15 is 0 Å². The van der Waals surface area contributed by atoms with Crippen LogP contribution in [0.5, 0.6) is 0 Å². The van der Waals surface area contributed by atoms with Crippen LogP contribution in [-0.2, 0) is 20.6 Å². The highest BCUT2D eigenvalue weighted by Crippen LogP contribution is 2.31. The minimum atomic E-state index is -5.68. The average molecular weight is 419 g/mol. The molecule has 0 saturated heterocycles. The van der Waals surface area contributed by atoms with Crippen molar-refractivity contribution in [2.75, 3.05) is 0 Å². The molecule has 0 fully saturated rings. The van der Waals surface area contributed by atoms with E-state index in [9.17, 15) is 43.5 Å². The molecule has 0 aliphatic heterocycles. The fourth-order valence-corrected chi connectivity index (χ4v) is 2.69. The first-order valence-corrected chi connectivity index (χ1v) is 7.93. The maximum atomic E-state index is 13.5. The largest absolute Gasteiger partial charge is 0.417 e. The van der Waals surface area contributed by atoms with Gasteiger partial charge in [0.25, 0.3) is 0 Å². The zero-order valence-electron chi connectivity index (χ0n) is 12.5. The van der Waals surface area contributed by atoms with Crippen LogP contribution in [0.15, 0.2) is 34.3 Å². The SMILES string of the molecule is O=S(=O)(ON=Cc1ccccc1C(F)(F)F)c1c(F)c(F)c(F)c(F)c1F. The molecule has 27 heavy (non-hydrogen) atoms. The quantitative estimate of drug-likeness (QED) is 0.246. The summed E-state index contributed by atoms with van der Waals surface area (Å²) in [5.74, 6) is -13.1. The van der Waals surface area contributed by atoms with Gasteiger partial charge in [-0.25, -0.2) is 22.0 Å². The summed E-state index contributed by atoms with van der Waals surface area (Å²) in [5, 5.41) is 2.64. The molecule has 0 bridgehead atoms. The van der Waals surface area contributed by atoms with Crippen molar-refractivity contribution < 1.29 is 47.8 Å². The molecule has 146 valence electrons. The molecule has 0 unspecified atom stereocenters. The van der Waals surface area contributed by atoms with E-state index in [0.29, 0.717) is 6.07 Å². The Kier molecular flexibility index (Phi) is 5.45. The summed E-state index contributed by atoms with van der Waals surface area (Å²) in [7, 11) is -5.68. The normalized spacial score (nSPS) is 12.6. The Bertz CT molecular complexity index is 989. The highest BCUT2D eigenvalue weighted by Gasteiger charge is 2.35. The molecule has 0 radical (unpaired) electrons. The molecule has 0 heterocycles. The van der Waals surface area contributed by atoms with Crippen molar-refractivity contribution >= 4 is 16.3 Å². The average Bonchev–Trinajstić information content (AvgIpc) is 2.57. The lowest BCUT2D eigenvalue weighted by Crippen LogP contribution is -2.14. The molecule has 4 nitrogen and oxygen atoms in total. The first-order chi connectivity index (χ1) is 12.4. The van der Waals surface area contributed by atoms with Crippen LogP contribution in [0.25, 0.3) is 0 Å². The zero-order valence-corrected chi connectivity index (χ0v) is 13.3. The summed E-state index contributed by atoms with van der Waals surface area (Å²) >= 11 is 0. The Morgan fingerprint density at radius 3 is 1.85 bits per heavy atom. The Morgan fingerprint density at radius 1 is 0.852 bits per heavy atom. The fraction of sp³-hybridized carbons (Fsp3) is 0.0714.